The summed E-state index contributed by atoms with van der Waals surface area (Å²) >= 11 is 0. The molecular formula is C22H24F2N2O6. The number of rotatable bonds is 8. The van der Waals surface area contributed by atoms with Crippen molar-refractivity contribution in [1.29, 1.82) is 0 Å². The van der Waals surface area contributed by atoms with Crippen LogP contribution >= 0.6 is 0 Å². The number of halogens is 2. The largest absolute Gasteiger partial charge is 0.497 e. The maximum Gasteiger partial charge on any atom is 0.387 e. The standard InChI is InChI=1S/C22H24F2N2O6/c1-29-17-6-4-16(5-7-17)25-9-11-26(12-10-25)20(27)14-31-21(28)15-3-8-18(32-22(23)24)19(13-15)30-2/h3-8,13,22H,9-12,14H2,1-2H3. The van der Waals surface area contributed by atoms with Gasteiger partial charge in [-0.2, -0.15) is 8.78 Å². The number of hydrogen-bond donors (Lipinski definition) is 0. The molecule has 1 saturated heterocycles. The highest BCUT2D eigenvalue weighted by atomic mass is 19.3. The summed E-state index contributed by atoms with van der Waals surface area (Å²) in [7, 11) is 2.87. The van der Waals surface area contributed by atoms with E-state index in [-0.39, 0.29) is 23.0 Å². The molecule has 2 aromatic rings. The first-order valence-electron chi connectivity index (χ1n) is 9.88. The third-order valence-corrected chi connectivity index (χ3v) is 5.01. The number of nitrogens with zero attached hydrogens (tertiary/aromatic N) is 2. The van der Waals surface area contributed by atoms with Crippen LogP contribution < -0.4 is 19.1 Å². The molecule has 1 aliphatic heterocycles. The van der Waals surface area contributed by atoms with Crippen LogP contribution in [0.4, 0.5) is 14.5 Å². The van der Waals surface area contributed by atoms with Crippen LogP contribution in [0, 0.1) is 0 Å². The molecule has 1 aliphatic rings. The highest BCUT2D eigenvalue weighted by Crippen LogP contribution is 2.29. The number of carbonyl (C=O) groups excluding carboxylic acids is 2. The van der Waals surface area contributed by atoms with Crippen LogP contribution in [0.3, 0.4) is 0 Å². The van der Waals surface area contributed by atoms with Crippen molar-refractivity contribution >= 4 is 17.6 Å². The predicted octanol–water partition coefficient (Wildman–Crippen LogP) is 2.81. The van der Waals surface area contributed by atoms with Crippen molar-refractivity contribution in [3.8, 4) is 17.2 Å². The number of ether oxygens (including phenoxy) is 4. The number of amides is 1. The number of esters is 1. The van der Waals surface area contributed by atoms with Crippen molar-refractivity contribution in [3.05, 3.63) is 48.0 Å². The Bertz CT molecular complexity index is 931. The van der Waals surface area contributed by atoms with Gasteiger partial charge in [-0.15, -0.1) is 0 Å². The van der Waals surface area contributed by atoms with E-state index in [1.54, 1.807) is 12.0 Å². The van der Waals surface area contributed by atoms with Crippen molar-refractivity contribution in [2.75, 3.05) is 51.9 Å². The quantitative estimate of drug-likeness (QED) is 0.573. The summed E-state index contributed by atoms with van der Waals surface area (Å²) in [4.78, 5) is 28.5. The normalized spacial score (nSPS) is 13.7. The van der Waals surface area contributed by atoms with Gasteiger partial charge in [-0.05, 0) is 42.5 Å². The molecule has 0 N–H and O–H groups in total. The van der Waals surface area contributed by atoms with Crippen molar-refractivity contribution in [2.45, 2.75) is 6.61 Å². The second-order valence-corrected chi connectivity index (χ2v) is 6.89. The molecule has 8 nitrogen and oxygen atoms in total. The molecule has 0 aliphatic carbocycles. The molecule has 1 heterocycles. The second-order valence-electron chi connectivity index (χ2n) is 6.89. The van der Waals surface area contributed by atoms with E-state index < -0.39 is 19.2 Å². The zero-order valence-corrected chi connectivity index (χ0v) is 17.8. The number of carbonyl (C=O) groups is 2. The molecule has 0 radical (unpaired) electrons. The number of piperazine rings is 1. The molecular weight excluding hydrogens is 426 g/mol. The van der Waals surface area contributed by atoms with Gasteiger partial charge in [0.05, 0.1) is 19.8 Å². The fourth-order valence-electron chi connectivity index (χ4n) is 3.30. The van der Waals surface area contributed by atoms with Gasteiger partial charge < -0.3 is 28.7 Å². The van der Waals surface area contributed by atoms with Crippen LogP contribution in [0.15, 0.2) is 42.5 Å². The highest BCUT2D eigenvalue weighted by Gasteiger charge is 2.23. The van der Waals surface area contributed by atoms with E-state index in [2.05, 4.69) is 9.64 Å². The van der Waals surface area contributed by atoms with Crippen LogP contribution in [0.25, 0.3) is 0 Å². The third kappa shape index (κ3) is 5.77. The Morgan fingerprint density at radius 1 is 0.938 bits per heavy atom. The predicted molar refractivity (Wildman–Crippen MR) is 112 cm³/mol. The Morgan fingerprint density at radius 2 is 1.62 bits per heavy atom. The number of alkyl halides is 2. The second kappa shape index (κ2) is 10.7. The summed E-state index contributed by atoms with van der Waals surface area (Å²) in [6.45, 7) is -1.15. The molecule has 32 heavy (non-hydrogen) atoms. The van der Waals surface area contributed by atoms with E-state index in [0.29, 0.717) is 26.2 Å². The molecule has 0 saturated carbocycles. The first-order chi connectivity index (χ1) is 15.4. The Morgan fingerprint density at radius 3 is 2.22 bits per heavy atom. The van der Waals surface area contributed by atoms with Crippen LogP contribution in [0.5, 0.6) is 17.2 Å². The van der Waals surface area contributed by atoms with Crippen LogP contribution in [0.1, 0.15) is 10.4 Å². The molecule has 172 valence electrons. The SMILES string of the molecule is COc1ccc(N2CCN(C(=O)COC(=O)c3ccc(OC(F)F)c(OC)c3)CC2)cc1. The summed E-state index contributed by atoms with van der Waals surface area (Å²) in [6.07, 6.45) is 0. The monoisotopic (exact) mass is 450 g/mol. The minimum atomic E-state index is -3.02. The van der Waals surface area contributed by atoms with Gasteiger partial charge in [-0.3, -0.25) is 4.79 Å². The number of hydrogen-bond acceptors (Lipinski definition) is 7. The molecule has 0 unspecified atom stereocenters. The van der Waals surface area contributed by atoms with Crippen molar-refractivity contribution < 1.29 is 37.3 Å². The lowest BCUT2D eigenvalue weighted by atomic mass is 10.2. The molecule has 0 atom stereocenters. The summed E-state index contributed by atoms with van der Waals surface area (Å²) in [5.41, 5.74) is 1.10. The van der Waals surface area contributed by atoms with E-state index in [0.717, 1.165) is 11.4 Å². The van der Waals surface area contributed by atoms with E-state index in [1.165, 1.54) is 25.3 Å². The average molecular weight is 450 g/mol. The fourth-order valence-corrected chi connectivity index (χ4v) is 3.30. The summed E-state index contributed by atoms with van der Waals surface area (Å²) in [5, 5.41) is 0. The number of methoxy groups -OCH3 is 2. The van der Waals surface area contributed by atoms with Gasteiger partial charge in [-0.1, -0.05) is 0 Å². The lowest BCUT2D eigenvalue weighted by Crippen LogP contribution is -2.49. The van der Waals surface area contributed by atoms with Gasteiger partial charge in [0.25, 0.3) is 5.91 Å². The smallest absolute Gasteiger partial charge is 0.387 e. The number of benzene rings is 2. The fraction of sp³-hybridized carbons (Fsp3) is 0.364. The zero-order valence-electron chi connectivity index (χ0n) is 17.8. The highest BCUT2D eigenvalue weighted by molar-refractivity contribution is 5.92. The average Bonchev–Trinajstić information content (AvgIpc) is 2.82. The van der Waals surface area contributed by atoms with Gasteiger partial charge in [-0.25, -0.2) is 4.79 Å². The van der Waals surface area contributed by atoms with Crippen molar-refractivity contribution in [3.63, 3.8) is 0 Å². The van der Waals surface area contributed by atoms with E-state index in [4.69, 9.17) is 14.2 Å². The molecule has 0 aromatic heterocycles. The third-order valence-electron chi connectivity index (χ3n) is 5.01. The molecule has 0 bridgehead atoms. The first kappa shape index (κ1) is 23.1. The topological polar surface area (TPSA) is 77.5 Å². The van der Waals surface area contributed by atoms with Crippen LogP contribution in [0.2, 0.25) is 0 Å². The molecule has 2 aromatic carbocycles. The Balaban J connectivity index is 1.49. The first-order valence-corrected chi connectivity index (χ1v) is 9.88. The van der Waals surface area contributed by atoms with Gasteiger partial charge >= 0.3 is 12.6 Å². The van der Waals surface area contributed by atoms with E-state index in [9.17, 15) is 18.4 Å². The van der Waals surface area contributed by atoms with Crippen LogP contribution in [-0.2, 0) is 9.53 Å². The minimum absolute atomic E-state index is 0.0410. The van der Waals surface area contributed by atoms with Gasteiger partial charge in [0.1, 0.15) is 5.75 Å². The minimum Gasteiger partial charge on any atom is -0.497 e. The van der Waals surface area contributed by atoms with E-state index >= 15 is 0 Å². The summed E-state index contributed by atoms with van der Waals surface area (Å²) < 4.78 is 44.4. The van der Waals surface area contributed by atoms with Crippen molar-refractivity contribution in [1.82, 2.24) is 4.90 Å². The molecule has 10 heteroatoms. The Labute approximate surface area is 184 Å². The van der Waals surface area contributed by atoms with Gasteiger partial charge in [0.15, 0.2) is 18.1 Å². The van der Waals surface area contributed by atoms with Crippen molar-refractivity contribution in [2.24, 2.45) is 0 Å². The van der Waals surface area contributed by atoms with E-state index in [1.807, 2.05) is 24.3 Å². The number of anilines is 1. The molecule has 0 spiro atoms. The Hall–Kier alpha value is -3.56. The Kier molecular flexibility index (Phi) is 7.69. The lowest BCUT2D eigenvalue weighted by molar-refractivity contribution is -0.134. The lowest BCUT2D eigenvalue weighted by Gasteiger charge is -2.36. The molecule has 1 fully saturated rings. The van der Waals surface area contributed by atoms with Gasteiger partial charge in [0, 0.05) is 31.9 Å². The maximum atomic E-state index is 12.4. The molecule has 1 amide bonds. The summed E-state index contributed by atoms with van der Waals surface area (Å²) in [5.74, 6) is -0.543. The summed E-state index contributed by atoms with van der Waals surface area (Å²) in [6, 6.07) is 11.4. The maximum absolute atomic E-state index is 12.4. The zero-order chi connectivity index (χ0) is 23.1. The van der Waals surface area contributed by atoms with Gasteiger partial charge in [0.2, 0.25) is 0 Å². The van der Waals surface area contributed by atoms with Crippen LogP contribution in [-0.4, -0.2) is 70.4 Å². The molecule has 3 rings (SSSR count).